The third-order valence-electron chi connectivity index (χ3n) is 2.67. The average molecular weight is 289 g/mol. The zero-order chi connectivity index (χ0) is 8.77. The summed E-state index contributed by atoms with van der Waals surface area (Å²) in [7, 11) is 0.267. The summed E-state index contributed by atoms with van der Waals surface area (Å²) < 4.78 is 0. The van der Waals surface area contributed by atoms with Crippen molar-refractivity contribution in [1.29, 1.82) is 0 Å². The third-order valence-corrected chi connectivity index (χ3v) is 20.9. The molecule has 2 rings (SSSR count). The van der Waals surface area contributed by atoms with E-state index in [-0.39, 0.29) is 8.08 Å². The molecule has 1 aliphatic heterocycles. The van der Waals surface area contributed by atoms with E-state index in [0.717, 1.165) is 0 Å². The first-order chi connectivity index (χ1) is 5.57. The Labute approximate surface area is 80.8 Å². The minimum absolute atomic E-state index is 0.267. The maximum atomic E-state index is 2.65. The summed E-state index contributed by atoms with van der Waals surface area (Å²) in [4.78, 5) is 7.70. The molecule has 0 radical (unpaired) electrons. The van der Waals surface area contributed by atoms with Crippen LogP contribution in [0.25, 0.3) is 0 Å². The van der Waals surface area contributed by atoms with E-state index >= 15 is 0 Å². The number of fused-ring (bicyclic) bond motifs is 1. The molecule has 0 aromatic rings. The Balaban J connectivity index is 2.23. The molecule has 0 nitrogen and oxygen atoms in total. The first-order valence-corrected chi connectivity index (χ1v) is 18.6. The van der Waals surface area contributed by atoms with Gasteiger partial charge in [-0.05, 0) is 0 Å². The van der Waals surface area contributed by atoms with E-state index in [1.54, 1.807) is 11.1 Å². The van der Waals surface area contributed by atoms with Crippen LogP contribution in [-0.2, 0) is 0 Å². The minimum atomic E-state index is -1.58. The van der Waals surface area contributed by atoms with Crippen LogP contribution in [-0.4, -0.2) is 17.0 Å². The van der Waals surface area contributed by atoms with E-state index in [9.17, 15) is 0 Å². The Hall–Kier alpha value is 0.629. The molecular weight excluding hydrogens is 271 g/mol. The fraction of sp³-hybridized carbons (Fsp3) is 0.600. The van der Waals surface area contributed by atoms with Crippen molar-refractivity contribution in [3.8, 4) is 0 Å². The quantitative estimate of drug-likeness (QED) is 0.551. The van der Waals surface area contributed by atoms with E-state index in [0.29, 0.717) is 0 Å². The van der Waals surface area contributed by atoms with Gasteiger partial charge in [-0.1, -0.05) is 0 Å². The number of rotatable bonds is 1. The van der Waals surface area contributed by atoms with Crippen LogP contribution >= 0.6 is 8.08 Å². The van der Waals surface area contributed by atoms with Crippen LogP contribution in [0, 0.1) is 0 Å². The van der Waals surface area contributed by atoms with Gasteiger partial charge in [0.15, 0.2) is 0 Å². The summed E-state index contributed by atoms with van der Waals surface area (Å²) in [5.74, 6) is 0. The van der Waals surface area contributed by atoms with Gasteiger partial charge >= 0.3 is 81.1 Å². The van der Waals surface area contributed by atoms with Crippen LogP contribution in [0.3, 0.4) is 0 Å². The van der Waals surface area contributed by atoms with Crippen molar-refractivity contribution in [3.05, 3.63) is 22.0 Å². The summed E-state index contributed by atoms with van der Waals surface area (Å²) in [6.07, 6.45) is 4.18. The molecule has 2 heteroatoms. The van der Waals surface area contributed by atoms with Gasteiger partial charge in [-0.15, -0.1) is 0 Å². The van der Waals surface area contributed by atoms with Crippen molar-refractivity contribution >= 4 is 25.1 Å². The predicted octanol–water partition coefficient (Wildman–Crippen LogP) is 3.79. The fourth-order valence-electron chi connectivity index (χ4n) is 1.85. The van der Waals surface area contributed by atoms with Gasteiger partial charge in [-0.2, -0.15) is 0 Å². The van der Waals surface area contributed by atoms with Crippen molar-refractivity contribution in [2.24, 2.45) is 0 Å². The number of hydrogen-bond donors (Lipinski definition) is 1. The van der Waals surface area contributed by atoms with Crippen LogP contribution in [0.2, 0.25) is 14.8 Å². The molecular formula is C10H18SSn. The van der Waals surface area contributed by atoms with Crippen LogP contribution in [0.4, 0.5) is 0 Å². The zero-order valence-electron chi connectivity index (χ0n) is 8.22. The summed E-state index contributed by atoms with van der Waals surface area (Å²) in [6, 6.07) is 0. The first kappa shape index (κ1) is 9.19. The van der Waals surface area contributed by atoms with E-state index in [2.05, 4.69) is 25.6 Å². The van der Waals surface area contributed by atoms with Gasteiger partial charge in [0.25, 0.3) is 0 Å². The molecule has 0 atom stereocenters. The molecule has 0 bridgehead atoms. The monoisotopic (exact) mass is 290 g/mol. The Morgan fingerprint density at radius 1 is 1.08 bits per heavy atom. The molecule has 2 aliphatic rings. The zero-order valence-corrected chi connectivity index (χ0v) is 12.0. The summed E-state index contributed by atoms with van der Waals surface area (Å²) in [6.45, 7) is 0. The van der Waals surface area contributed by atoms with Crippen molar-refractivity contribution in [3.63, 3.8) is 0 Å². The topological polar surface area (TPSA) is 0 Å². The van der Waals surface area contributed by atoms with Crippen molar-refractivity contribution in [2.45, 2.75) is 34.1 Å². The number of thiol groups is 1. The molecule has 0 aromatic heterocycles. The standard InChI is InChI=1S/C7H8S.3CH3.Sn/c1-2-6-4-8-5-7(6)3-1;;;;/h4-5H,1-3H2;3*1H3;/q;;;;-1/p+1. The molecule has 1 heterocycles. The molecule has 0 unspecified atom stereocenters. The number of allylic oxidation sites excluding steroid dienone is 2. The summed E-state index contributed by atoms with van der Waals surface area (Å²) >= 11 is -1.58. The van der Waals surface area contributed by atoms with Gasteiger partial charge < -0.3 is 0 Å². The Kier molecular flexibility index (Phi) is 2.37. The van der Waals surface area contributed by atoms with E-state index in [4.69, 9.17) is 0 Å². The molecule has 0 spiro atoms. The van der Waals surface area contributed by atoms with Crippen LogP contribution in [0.5, 0.6) is 0 Å². The normalized spacial score (nSPS) is 25.4. The molecule has 1 fully saturated rings. The average Bonchev–Trinajstić information content (AvgIpc) is 2.37. The predicted molar refractivity (Wildman–Crippen MR) is 62.3 cm³/mol. The molecule has 1 saturated carbocycles. The van der Waals surface area contributed by atoms with E-state index < -0.39 is 17.0 Å². The van der Waals surface area contributed by atoms with Crippen LogP contribution in [0.15, 0.2) is 22.0 Å². The first-order valence-electron chi connectivity index (χ1n) is 4.77. The second-order valence-corrected chi connectivity index (χ2v) is 31.9. The van der Waals surface area contributed by atoms with Gasteiger partial charge in [0.1, 0.15) is 0 Å². The molecule has 12 heavy (non-hydrogen) atoms. The molecule has 0 N–H and O–H groups in total. The Morgan fingerprint density at radius 3 is 2.00 bits per heavy atom. The molecule has 1 aliphatic carbocycles. The molecule has 0 saturated heterocycles. The van der Waals surface area contributed by atoms with Crippen molar-refractivity contribution in [1.82, 2.24) is 0 Å². The van der Waals surface area contributed by atoms with Crippen LogP contribution < -0.4 is 0 Å². The Bertz CT molecular complexity index is 238. The van der Waals surface area contributed by atoms with Crippen LogP contribution in [0.1, 0.15) is 19.3 Å². The Morgan fingerprint density at radius 2 is 1.58 bits per heavy atom. The van der Waals surface area contributed by atoms with E-state index in [1.165, 1.54) is 19.3 Å². The van der Waals surface area contributed by atoms with Gasteiger partial charge in [0, 0.05) is 0 Å². The SMILES string of the molecule is [CH3][Sn]([CH3])([CH3])[SH]1C=C2CCCC2=C1. The number of hydrogen-bond acceptors (Lipinski definition) is 0. The van der Waals surface area contributed by atoms with Gasteiger partial charge in [-0.25, -0.2) is 0 Å². The summed E-state index contributed by atoms with van der Waals surface area (Å²) in [5.41, 5.74) is 3.46. The van der Waals surface area contributed by atoms with E-state index in [1.807, 2.05) is 0 Å². The molecule has 0 aromatic carbocycles. The fourth-order valence-corrected chi connectivity index (χ4v) is 13.3. The second kappa shape index (κ2) is 3.09. The van der Waals surface area contributed by atoms with Gasteiger partial charge in [0.05, 0.1) is 0 Å². The summed E-state index contributed by atoms with van der Waals surface area (Å²) in [5, 5.41) is 5.29. The molecule has 0 amide bonds. The van der Waals surface area contributed by atoms with Gasteiger partial charge in [-0.3, -0.25) is 0 Å². The molecule has 68 valence electrons. The maximum absolute atomic E-state index is 2.65. The van der Waals surface area contributed by atoms with Crippen molar-refractivity contribution < 1.29 is 0 Å². The second-order valence-electron chi connectivity index (χ2n) is 4.74. The van der Waals surface area contributed by atoms with Gasteiger partial charge in [0.2, 0.25) is 0 Å². The van der Waals surface area contributed by atoms with Crippen molar-refractivity contribution in [2.75, 3.05) is 0 Å². The third kappa shape index (κ3) is 1.62.